The monoisotopic (exact) mass is 385 g/mol. The van der Waals surface area contributed by atoms with Gasteiger partial charge in [-0.05, 0) is 49.6 Å². The molecule has 0 bridgehead atoms. The molecule has 1 aromatic carbocycles. The van der Waals surface area contributed by atoms with Crippen LogP contribution >= 0.6 is 0 Å². The molecule has 1 aromatic heterocycles. The summed E-state index contributed by atoms with van der Waals surface area (Å²) in [5.41, 5.74) is 0. The SMILES string of the molecule is CCCOc1ccc(OCCOC(=O)C2CCN(c3ncccn3)CC2)cc1. The number of piperidine rings is 1. The molecule has 1 saturated heterocycles. The van der Waals surface area contributed by atoms with E-state index in [9.17, 15) is 4.79 Å². The Morgan fingerprint density at radius 1 is 1.00 bits per heavy atom. The van der Waals surface area contributed by atoms with Crippen molar-refractivity contribution in [1.82, 2.24) is 9.97 Å². The molecule has 0 amide bonds. The second kappa shape index (κ2) is 10.5. The van der Waals surface area contributed by atoms with Crippen LogP contribution in [0.15, 0.2) is 42.7 Å². The smallest absolute Gasteiger partial charge is 0.309 e. The maximum Gasteiger partial charge on any atom is 0.309 e. The van der Waals surface area contributed by atoms with Crippen molar-refractivity contribution in [2.24, 2.45) is 5.92 Å². The Morgan fingerprint density at radius 2 is 1.61 bits per heavy atom. The molecule has 1 aliphatic rings. The number of rotatable bonds is 9. The number of nitrogens with zero attached hydrogens (tertiary/aromatic N) is 3. The first kappa shape index (κ1) is 19.9. The van der Waals surface area contributed by atoms with Crippen molar-refractivity contribution >= 4 is 11.9 Å². The standard InChI is InChI=1S/C21H27N3O4/c1-2-14-26-18-4-6-19(7-5-18)27-15-16-28-20(25)17-8-12-24(13-9-17)21-22-10-3-11-23-21/h3-7,10-11,17H,2,8-9,12-16H2,1H3. The molecule has 7 nitrogen and oxygen atoms in total. The fourth-order valence-corrected chi connectivity index (χ4v) is 3.04. The number of esters is 1. The number of ether oxygens (including phenoxy) is 3. The van der Waals surface area contributed by atoms with Gasteiger partial charge in [-0.3, -0.25) is 4.79 Å². The molecule has 1 fully saturated rings. The summed E-state index contributed by atoms with van der Waals surface area (Å²) >= 11 is 0. The largest absolute Gasteiger partial charge is 0.494 e. The van der Waals surface area contributed by atoms with Gasteiger partial charge in [-0.15, -0.1) is 0 Å². The molecule has 3 rings (SSSR count). The molecule has 2 aromatic rings. The normalized spacial score (nSPS) is 14.5. The van der Waals surface area contributed by atoms with Gasteiger partial charge in [0, 0.05) is 25.5 Å². The zero-order valence-electron chi connectivity index (χ0n) is 16.3. The summed E-state index contributed by atoms with van der Waals surface area (Å²) in [5.74, 6) is 2.05. The van der Waals surface area contributed by atoms with Crippen LogP contribution in [0, 0.1) is 5.92 Å². The fourth-order valence-electron chi connectivity index (χ4n) is 3.04. The van der Waals surface area contributed by atoms with Gasteiger partial charge in [-0.1, -0.05) is 6.92 Å². The van der Waals surface area contributed by atoms with E-state index >= 15 is 0 Å². The van der Waals surface area contributed by atoms with Crippen molar-refractivity contribution < 1.29 is 19.0 Å². The molecule has 0 aliphatic carbocycles. The first-order chi connectivity index (χ1) is 13.8. The number of carbonyl (C=O) groups excluding carboxylic acids is 1. The highest BCUT2D eigenvalue weighted by molar-refractivity contribution is 5.72. The Labute approximate surface area is 165 Å². The molecule has 2 heterocycles. The van der Waals surface area contributed by atoms with Gasteiger partial charge in [0.1, 0.15) is 24.7 Å². The van der Waals surface area contributed by atoms with Gasteiger partial charge < -0.3 is 19.1 Å². The minimum absolute atomic E-state index is 0.0741. The van der Waals surface area contributed by atoms with Crippen molar-refractivity contribution in [1.29, 1.82) is 0 Å². The molecule has 0 N–H and O–H groups in total. The van der Waals surface area contributed by atoms with Crippen molar-refractivity contribution in [3.63, 3.8) is 0 Å². The second-order valence-electron chi connectivity index (χ2n) is 6.65. The van der Waals surface area contributed by atoms with Gasteiger partial charge in [-0.2, -0.15) is 0 Å². The van der Waals surface area contributed by atoms with Crippen molar-refractivity contribution in [3.05, 3.63) is 42.7 Å². The van der Waals surface area contributed by atoms with E-state index in [0.29, 0.717) is 19.2 Å². The van der Waals surface area contributed by atoms with Crippen LogP contribution in [0.5, 0.6) is 11.5 Å². The van der Waals surface area contributed by atoms with Gasteiger partial charge in [0.15, 0.2) is 0 Å². The maximum atomic E-state index is 12.3. The van der Waals surface area contributed by atoms with E-state index in [0.717, 1.165) is 43.9 Å². The minimum Gasteiger partial charge on any atom is -0.494 e. The van der Waals surface area contributed by atoms with Gasteiger partial charge in [0.2, 0.25) is 5.95 Å². The van der Waals surface area contributed by atoms with Crippen molar-refractivity contribution in [3.8, 4) is 11.5 Å². The van der Waals surface area contributed by atoms with E-state index in [1.807, 2.05) is 24.3 Å². The fraction of sp³-hybridized carbons (Fsp3) is 0.476. The number of hydrogen-bond acceptors (Lipinski definition) is 7. The Hall–Kier alpha value is -2.83. The molecule has 0 atom stereocenters. The zero-order valence-corrected chi connectivity index (χ0v) is 16.3. The minimum atomic E-state index is -0.152. The third-order valence-electron chi connectivity index (χ3n) is 4.56. The predicted octanol–water partition coefficient (Wildman–Crippen LogP) is 3.10. The molecular formula is C21H27N3O4. The summed E-state index contributed by atoms with van der Waals surface area (Å²) in [6, 6.07) is 9.26. The molecule has 0 radical (unpaired) electrons. The lowest BCUT2D eigenvalue weighted by Gasteiger charge is -2.30. The van der Waals surface area contributed by atoms with Gasteiger partial charge in [0.25, 0.3) is 0 Å². The summed E-state index contributed by atoms with van der Waals surface area (Å²) in [5, 5.41) is 0. The Balaban J connectivity index is 1.33. The third kappa shape index (κ3) is 5.84. The lowest BCUT2D eigenvalue weighted by molar-refractivity contribution is -0.150. The average Bonchev–Trinajstić information content (AvgIpc) is 2.76. The Bertz CT molecular complexity index is 716. The average molecular weight is 385 g/mol. The van der Waals surface area contributed by atoms with E-state index in [2.05, 4.69) is 21.8 Å². The van der Waals surface area contributed by atoms with Crippen LogP contribution < -0.4 is 14.4 Å². The van der Waals surface area contributed by atoms with Gasteiger partial charge >= 0.3 is 5.97 Å². The highest BCUT2D eigenvalue weighted by Gasteiger charge is 2.27. The molecular weight excluding hydrogens is 358 g/mol. The molecule has 0 saturated carbocycles. The Morgan fingerprint density at radius 3 is 2.21 bits per heavy atom. The molecule has 0 spiro atoms. The van der Waals surface area contributed by atoms with E-state index in [1.165, 1.54) is 0 Å². The quantitative estimate of drug-likeness (QED) is 0.485. The number of carbonyl (C=O) groups is 1. The van der Waals surface area contributed by atoms with Crippen molar-refractivity contribution in [2.45, 2.75) is 26.2 Å². The second-order valence-corrected chi connectivity index (χ2v) is 6.65. The molecule has 7 heteroatoms. The van der Waals surface area contributed by atoms with Crippen molar-refractivity contribution in [2.75, 3.05) is 37.8 Å². The lowest BCUT2D eigenvalue weighted by Crippen LogP contribution is -2.38. The number of benzene rings is 1. The summed E-state index contributed by atoms with van der Waals surface area (Å²) in [7, 11) is 0. The summed E-state index contributed by atoms with van der Waals surface area (Å²) in [6.07, 6.45) is 5.93. The topological polar surface area (TPSA) is 73.8 Å². The van der Waals surface area contributed by atoms with E-state index in [-0.39, 0.29) is 18.5 Å². The van der Waals surface area contributed by atoms with E-state index in [1.54, 1.807) is 18.5 Å². The maximum absolute atomic E-state index is 12.3. The van der Waals surface area contributed by atoms with Crippen LogP contribution in [-0.4, -0.2) is 48.8 Å². The third-order valence-corrected chi connectivity index (χ3v) is 4.56. The van der Waals surface area contributed by atoms with Gasteiger partial charge in [0.05, 0.1) is 12.5 Å². The first-order valence-electron chi connectivity index (χ1n) is 9.80. The van der Waals surface area contributed by atoms with Crippen LogP contribution in [0.4, 0.5) is 5.95 Å². The summed E-state index contributed by atoms with van der Waals surface area (Å²) in [6.45, 7) is 4.86. The van der Waals surface area contributed by atoms with E-state index in [4.69, 9.17) is 14.2 Å². The van der Waals surface area contributed by atoms with E-state index < -0.39 is 0 Å². The summed E-state index contributed by atoms with van der Waals surface area (Å²) in [4.78, 5) is 22.9. The lowest BCUT2D eigenvalue weighted by atomic mass is 9.97. The number of anilines is 1. The summed E-state index contributed by atoms with van der Waals surface area (Å²) < 4.78 is 16.5. The van der Waals surface area contributed by atoms with Crippen LogP contribution in [0.1, 0.15) is 26.2 Å². The highest BCUT2D eigenvalue weighted by atomic mass is 16.6. The molecule has 150 valence electrons. The van der Waals surface area contributed by atoms with Crippen LogP contribution in [-0.2, 0) is 9.53 Å². The Kier molecular flexibility index (Phi) is 7.46. The predicted molar refractivity (Wildman–Crippen MR) is 106 cm³/mol. The molecule has 1 aliphatic heterocycles. The first-order valence-corrected chi connectivity index (χ1v) is 9.80. The zero-order chi connectivity index (χ0) is 19.6. The number of aromatic nitrogens is 2. The molecule has 28 heavy (non-hydrogen) atoms. The van der Waals surface area contributed by atoms with Gasteiger partial charge in [-0.25, -0.2) is 9.97 Å². The van der Waals surface area contributed by atoms with Crippen LogP contribution in [0.2, 0.25) is 0 Å². The molecule has 0 unspecified atom stereocenters. The van der Waals surface area contributed by atoms with Crippen LogP contribution in [0.3, 0.4) is 0 Å². The highest BCUT2D eigenvalue weighted by Crippen LogP contribution is 2.21. The number of hydrogen-bond donors (Lipinski definition) is 0. The van der Waals surface area contributed by atoms with Crippen LogP contribution in [0.25, 0.3) is 0 Å².